The Balaban J connectivity index is 1.33. The summed E-state index contributed by atoms with van der Waals surface area (Å²) in [7, 11) is 0. The zero-order valence-corrected chi connectivity index (χ0v) is 24.6. The summed E-state index contributed by atoms with van der Waals surface area (Å²) in [6, 6.07) is 29.3. The third-order valence-electron chi connectivity index (χ3n) is 10.5. The van der Waals surface area contributed by atoms with Crippen LogP contribution in [0, 0.1) is 0 Å². The van der Waals surface area contributed by atoms with Gasteiger partial charge in [-0.25, -0.2) is 0 Å². The predicted octanol–water partition coefficient (Wildman–Crippen LogP) is 8.69. The van der Waals surface area contributed by atoms with Gasteiger partial charge in [0.1, 0.15) is 0 Å². The average Bonchev–Trinajstić information content (AvgIpc) is 3.74. The van der Waals surface area contributed by atoms with Crippen LogP contribution in [0.4, 0.5) is 11.4 Å². The lowest BCUT2D eigenvalue weighted by Crippen LogP contribution is -2.41. The number of anilines is 2. The molecule has 44 heavy (non-hydrogen) atoms. The minimum Gasteiger partial charge on any atom is -0.333 e. The lowest BCUT2D eigenvalue weighted by atomic mass is 9.85. The lowest BCUT2D eigenvalue weighted by Gasteiger charge is -2.30. The predicted molar refractivity (Wildman–Crippen MR) is 185 cm³/mol. The number of hydrogen-bond acceptors (Lipinski definition) is 1. The van der Waals surface area contributed by atoms with Crippen molar-refractivity contribution in [3.8, 4) is 0 Å². The summed E-state index contributed by atoms with van der Waals surface area (Å²) in [5, 5.41) is 8.12. The zero-order chi connectivity index (χ0) is 28.9. The second-order valence-corrected chi connectivity index (χ2v) is 12.7. The first-order valence-corrected chi connectivity index (χ1v) is 16.0. The van der Waals surface area contributed by atoms with E-state index in [0.29, 0.717) is 0 Å². The third-order valence-corrected chi connectivity index (χ3v) is 10.5. The summed E-state index contributed by atoms with van der Waals surface area (Å²) in [6.07, 6.45) is 21.1. The summed E-state index contributed by atoms with van der Waals surface area (Å²) in [5.74, 6) is 0.241. The fourth-order valence-corrected chi connectivity index (χ4v) is 8.78. The molecule has 0 N–H and O–H groups in total. The molecule has 2 unspecified atom stereocenters. The van der Waals surface area contributed by atoms with Crippen LogP contribution in [0.1, 0.15) is 42.0 Å². The van der Waals surface area contributed by atoms with Gasteiger partial charge in [-0.3, -0.25) is 0 Å². The van der Waals surface area contributed by atoms with Crippen molar-refractivity contribution in [3.05, 3.63) is 154 Å². The van der Waals surface area contributed by atoms with E-state index >= 15 is 0 Å². The molecule has 4 aromatic carbocycles. The Morgan fingerprint density at radius 2 is 1.45 bits per heavy atom. The maximum absolute atomic E-state index is 4.47. The molecule has 2 nitrogen and oxygen atoms in total. The van der Waals surface area contributed by atoms with Gasteiger partial charge in [-0.2, -0.15) is 0 Å². The van der Waals surface area contributed by atoms with E-state index in [9.17, 15) is 0 Å². The highest BCUT2D eigenvalue weighted by atomic mass is 15.2. The molecule has 5 aromatic rings. The van der Waals surface area contributed by atoms with Crippen LogP contribution in [0.15, 0.2) is 126 Å². The molecule has 0 fully saturated rings. The molecule has 4 aliphatic carbocycles. The number of aromatic nitrogens is 1. The van der Waals surface area contributed by atoms with Crippen LogP contribution in [-0.2, 0) is 6.42 Å². The van der Waals surface area contributed by atoms with Gasteiger partial charge < -0.3 is 9.47 Å². The van der Waals surface area contributed by atoms with Crippen LogP contribution < -0.4 is 15.5 Å². The first-order chi connectivity index (χ1) is 21.8. The molecule has 0 bridgehead atoms. The molecule has 2 atom stereocenters. The van der Waals surface area contributed by atoms with Gasteiger partial charge in [0.15, 0.2) is 0 Å². The van der Waals surface area contributed by atoms with Gasteiger partial charge in [0.2, 0.25) is 0 Å². The van der Waals surface area contributed by atoms with Crippen LogP contribution in [0.25, 0.3) is 45.5 Å². The molecule has 0 saturated carbocycles. The largest absolute Gasteiger partial charge is 0.333 e. The lowest BCUT2D eigenvalue weighted by molar-refractivity contribution is 0.786. The normalized spacial score (nSPS) is 21.0. The number of nitrogens with zero attached hydrogens (tertiary/aromatic N) is 2. The Labute approximate surface area is 257 Å². The van der Waals surface area contributed by atoms with Crippen LogP contribution in [-0.4, -0.2) is 10.6 Å². The second-order valence-electron chi connectivity index (χ2n) is 12.7. The molecule has 0 amide bonds. The first kappa shape index (κ1) is 24.4. The molecule has 0 spiro atoms. The maximum Gasteiger partial charge on any atom is 0.0650 e. The van der Waals surface area contributed by atoms with E-state index in [4.69, 9.17) is 0 Å². The molecule has 5 aliphatic rings. The zero-order valence-electron chi connectivity index (χ0n) is 24.6. The quantitative estimate of drug-likeness (QED) is 0.195. The van der Waals surface area contributed by atoms with E-state index in [1.54, 1.807) is 0 Å². The minimum atomic E-state index is 0.169. The van der Waals surface area contributed by atoms with Crippen molar-refractivity contribution in [1.82, 2.24) is 4.57 Å². The Morgan fingerprint density at radius 3 is 2.30 bits per heavy atom. The van der Waals surface area contributed by atoms with Crippen LogP contribution in [0.3, 0.4) is 0 Å². The minimum absolute atomic E-state index is 0.169. The molecule has 1 aromatic heterocycles. The van der Waals surface area contributed by atoms with Gasteiger partial charge in [0.25, 0.3) is 0 Å². The number of allylic oxidation sites excluding steroid dienone is 8. The first-order valence-electron chi connectivity index (χ1n) is 16.0. The van der Waals surface area contributed by atoms with Gasteiger partial charge >= 0.3 is 0 Å². The molecule has 0 saturated heterocycles. The molecule has 10 rings (SSSR count). The third kappa shape index (κ3) is 3.15. The highest BCUT2D eigenvalue weighted by molar-refractivity contribution is 6.17. The molecule has 1 aliphatic heterocycles. The molecule has 2 heteroatoms. The Kier molecular flexibility index (Phi) is 4.97. The summed E-state index contributed by atoms with van der Waals surface area (Å²) >= 11 is 0. The van der Waals surface area contributed by atoms with Crippen molar-refractivity contribution < 1.29 is 0 Å². The Hall–Kier alpha value is -5.08. The number of para-hydroxylation sites is 1. The second kappa shape index (κ2) is 8.97. The van der Waals surface area contributed by atoms with E-state index in [0.717, 1.165) is 31.3 Å². The van der Waals surface area contributed by atoms with E-state index in [-0.39, 0.29) is 12.0 Å². The molecule has 0 radical (unpaired) electrons. The average molecular weight is 565 g/mol. The summed E-state index contributed by atoms with van der Waals surface area (Å²) in [5.41, 5.74) is 12.2. The van der Waals surface area contributed by atoms with E-state index in [2.05, 4.69) is 137 Å². The SMILES string of the molecule is C=C1C=CC2=CCCC(n3c4c(c5c3=CC3C(C=5)c5c(c6ccccc6c6ccccc56)N3c3ccccc3)C=CCC4)=C12. The van der Waals surface area contributed by atoms with Crippen molar-refractivity contribution in [2.45, 2.75) is 37.6 Å². The smallest absolute Gasteiger partial charge is 0.0650 e. The monoisotopic (exact) mass is 564 g/mol. The Morgan fingerprint density at radius 1 is 0.705 bits per heavy atom. The van der Waals surface area contributed by atoms with Crippen LogP contribution in [0.2, 0.25) is 0 Å². The fourth-order valence-electron chi connectivity index (χ4n) is 8.78. The van der Waals surface area contributed by atoms with Crippen molar-refractivity contribution >= 4 is 56.8 Å². The van der Waals surface area contributed by atoms with Gasteiger partial charge in [0.05, 0.1) is 17.1 Å². The number of hydrogen-bond donors (Lipinski definition) is 0. The highest BCUT2D eigenvalue weighted by Crippen LogP contribution is 2.54. The van der Waals surface area contributed by atoms with E-state index < -0.39 is 0 Å². The summed E-state index contributed by atoms with van der Waals surface area (Å²) < 4.78 is 2.66. The van der Waals surface area contributed by atoms with Gasteiger partial charge in [-0.05, 0) is 76.8 Å². The van der Waals surface area contributed by atoms with Crippen LogP contribution in [0.5, 0.6) is 0 Å². The van der Waals surface area contributed by atoms with E-state index in [1.807, 2.05) is 0 Å². The number of rotatable bonds is 2. The van der Waals surface area contributed by atoms with Crippen molar-refractivity contribution in [1.29, 1.82) is 0 Å². The van der Waals surface area contributed by atoms with E-state index in [1.165, 1.54) is 77.2 Å². The molecular weight excluding hydrogens is 532 g/mol. The summed E-state index contributed by atoms with van der Waals surface area (Å²) in [6.45, 7) is 4.47. The Bertz CT molecular complexity index is 2360. The van der Waals surface area contributed by atoms with Gasteiger partial charge in [-0.1, -0.05) is 110 Å². The highest BCUT2D eigenvalue weighted by Gasteiger charge is 2.42. The number of fused-ring (bicyclic) bond motifs is 12. The molecule has 210 valence electrons. The van der Waals surface area contributed by atoms with Gasteiger partial charge in [0, 0.05) is 44.7 Å². The van der Waals surface area contributed by atoms with Crippen LogP contribution >= 0.6 is 0 Å². The number of benzene rings is 4. The summed E-state index contributed by atoms with van der Waals surface area (Å²) in [4.78, 5) is 2.64. The maximum atomic E-state index is 4.47. The van der Waals surface area contributed by atoms with Crippen molar-refractivity contribution in [2.24, 2.45) is 0 Å². The van der Waals surface area contributed by atoms with Crippen molar-refractivity contribution in [3.63, 3.8) is 0 Å². The fraction of sp³-hybridized carbons (Fsp3) is 0.143. The standard InChI is InChI=1S/C42H32N2/c1-26-22-23-27-12-11-21-37(40(26)27)44-36-20-10-9-17-31(36)34-24-35-39(25-38(34)44)43(28-13-3-2-4-14-28)42-33-19-8-6-16-30(33)29-15-5-7-18-32(29)41(35)42/h2-9,12-19,22-25,35,39H,1,10-11,20-21H2. The van der Waals surface area contributed by atoms with Gasteiger partial charge in [-0.15, -0.1) is 0 Å². The molecule has 2 heterocycles. The topological polar surface area (TPSA) is 8.17 Å². The van der Waals surface area contributed by atoms with Crippen molar-refractivity contribution in [2.75, 3.05) is 4.90 Å². The molecular formula is C42H32N2.